The highest BCUT2D eigenvalue weighted by atomic mass is 19.1. The van der Waals surface area contributed by atoms with E-state index in [1.165, 1.54) is 7.11 Å². The van der Waals surface area contributed by atoms with Crippen LogP contribution in [-0.4, -0.2) is 28.0 Å². The third kappa shape index (κ3) is 1.78. The van der Waals surface area contributed by atoms with Crippen molar-refractivity contribution < 1.29 is 24.4 Å². The van der Waals surface area contributed by atoms with Gasteiger partial charge >= 0.3 is 0 Å². The molecule has 1 aliphatic carbocycles. The molecule has 3 N–H and O–H groups in total. The van der Waals surface area contributed by atoms with E-state index in [1.54, 1.807) is 0 Å². The molecule has 0 spiro atoms. The first-order chi connectivity index (χ1) is 7.47. The summed E-state index contributed by atoms with van der Waals surface area (Å²) in [6.45, 7) is 0. The Bertz CT molecular complexity index is 426. The summed E-state index contributed by atoms with van der Waals surface area (Å²) in [7, 11) is 1.27. The van der Waals surface area contributed by atoms with Gasteiger partial charge in [0.25, 0.3) is 0 Å². The van der Waals surface area contributed by atoms with Crippen molar-refractivity contribution in [3.8, 4) is 17.2 Å². The quantitative estimate of drug-likeness (QED) is 0.682. The molecule has 2 rings (SSSR count). The van der Waals surface area contributed by atoms with Crippen LogP contribution in [-0.2, 0) is 6.42 Å². The summed E-state index contributed by atoms with van der Waals surface area (Å²) >= 11 is 0. The van der Waals surface area contributed by atoms with Crippen LogP contribution in [0.3, 0.4) is 0 Å². The lowest BCUT2D eigenvalue weighted by molar-refractivity contribution is 0.148. The Morgan fingerprint density at radius 3 is 2.56 bits per heavy atom. The van der Waals surface area contributed by atoms with E-state index in [9.17, 15) is 19.7 Å². The number of benzene rings is 1. The summed E-state index contributed by atoms with van der Waals surface area (Å²) in [4.78, 5) is 0. The van der Waals surface area contributed by atoms with Crippen molar-refractivity contribution in [3.63, 3.8) is 0 Å². The minimum atomic E-state index is -0.947. The predicted octanol–water partition coefficient (Wildman–Crippen LogP) is 1.31. The fourth-order valence-electron chi connectivity index (χ4n) is 1.62. The molecule has 5 heteroatoms. The maximum absolute atomic E-state index is 13.8. The van der Waals surface area contributed by atoms with Gasteiger partial charge in [0.1, 0.15) is 0 Å². The van der Waals surface area contributed by atoms with Gasteiger partial charge in [-0.05, 0) is 12.8 Å². The Balaban J connectivity index is 2.44. The van der Waals surface area contributed by atoms with Crippen molar-refractivity contribution in [2.24, 2.45) is 0 Å². The van der Waals surface area contributed by atoms with Crippen molar-refractivity contribution >= 4 is 0 Å². The Morgan fingerprint density at radius 2 is 2.06 bits per heavy atom. The molecular formula is C11H13FO4. The molecule has 0 amide bonds. The molecule has 0 unspecified atom stereocenters. The van der Waals surface area contributed by atoms with Crippen LogP contribution in [0, 0.1) is 5.82 Å². The van der Waals surface area contributed by atoms with Crippen molar-refractivity contribution in [1.82, 2.24) is 0 Å². The van der Waals surface area contributed by atoms with Crippen LogP contribution in [0.25, 0.3) is 0 Å². The van der Waals surface area contributed by atoms with Gasteiger partial charge in [0.2, 0.25) is 0 Å². The van der Waals surface area contributed by atoms with E-state index in [4.69, 9.17) is 4.74 Å². The van der Waals surface area contributed by atoms with Crippen molar-refractivity contribution in [1.29, 1.82) is 0 Å². The molecule has 1 aromatic carbocycles. The molecule has 0 heterocycles. The van der Waals surface area contributed by atoms with Gasteiger partial charge in [0.15, 0.2) is 23.1 Å². The fraction of sp³-hybridized carbons (Fsp3) is 0.455. The Labute approximate surface area is 91.9 Å². The zero-order valence-corrected chi connectivity index (χ0v) is 8.83. The molecule has 0 aromatic heterocycles. The van der Waals surface area contributed by atoms with Crippen LogP contribution in [0.1, 0.15) is 18.4 Å². The van der Waals surface area contributed by atoms with E-state index in [-0.39, 0.29) is 17.7 Å². The number of hydrogen-bond acceptors (Lipinski definition) is 4. The van der Waals surface area contributed by atoms with Gasteiger partial charge in [-0.25, -0.2) is 4.39 Å². The lowest BCUT2D eigenvalue weighted by Gasteiger charge is -2.13. The summed E-state index contributed by atoms with van der Waals surface area (Å²) in [5, 5.41) is 28.6. The van der Waals surface area contributed by atoms with E-state index in [0.29, 0.717) is 12.8 Å². The molecule has 4 nitrogen and oxygen atoms in total. The number of aromatic hydroxyl groups is 2. The highest BCUT2D eigenvalue weighted by Gasteiger charge is 2.42. The van der Waals surface area contributed by atoms with Gasteiger partial charge < -0.3 is 20.1 Å². The molecule has 1 aliphatic rings. The largest absolute Gasteiger partial charge is 0.504 e. The van der Waals surface area contributed by atoms with Gasteiger partial charge in [0.05, 0.1) is 12.7 Å². The second-order valence-electron chi connectivity index (χ2n) is 4.14. The summed E-state index contributed by atoms with van der Waals surface area (Å²) in [6.07, 6.45) is 1.13. The number of rotatable bonds is 3. The van der Waals surface area contributed by atoms with Gasteiger partial charge in [-0.3, -0.25) is 0 Å². The van der Waals surface area contributed by atoms with E-state index in [1.807, 2.05) is 0 Å². The summed E-state index contributed by atoms with van der Waals surface area (Å²) in [5.74, 6) is -1.86. The predicted molar refractivity (Wildman–Crippen MR) is 54.2 cm³/mol. The molecule has 0 radical (unpaired) electrons. The standard InChI is InChI=1S/C11H13FO4/c1-16-8-4-7(13)10(14)6(9(8)12)5-11(15)2-3-11/h4,13-15H,2-3,5H2,1H3. The number of phenols is 2. The average Bonchev–Trinajstić information content (AvgIpc) is 2.97. The zero-order valence-electron chi connectivity index (χ0n) is 8.83. The minimum absolute atomic E-state index is 0.0184. The Kier molecular flexibility index (Phi) is 2.42. The average molecular weight is 228 g/mol. The fourth-order valence-corrected chi connectivity index (χ4v) is 1.62. The number of methoxy groups -OCH3 is 1. The third-order valence-corrected chi connectivity index (χ3v) is 2.83. The topological polar surface area (TPSA) is 69.9 Å². The van der Waals surface area contributed by atoms with Gasteiger partial charge in [-0.15, -0.1) is 0 Å². The normalized spacial score (nSPS) is 17.2. The molecule has 0 atom stereocenters. The Hall–Kier alpha value is -1.49. The van der Waals surface area contributed by atoms with Crippen LogP contribution in [0.5, 0.6) is 17.2 Å². The SMILES string of the molecule is COc1cc(O)c(O)c(CC2(O)CC2)c1F. The van der Waals surface area contributed by atoms with E-state index in [0.717, 1.165) is 6.07 Å². The number of hydrogen-bond donors (Lipinski definition) is 3. The van der Waals surface area contributed by atoms with Crippen LogP contribution in [0.15, 0.2) is 6.07 Å². The second kappa shape index (κ2) is 3.52. The van der Waals surface area contributed by atoms with Crippen LogP contribution < -0.4 is 4.74 Å². The number of ether oxygens (including phenoxy) is 1. The van der Waals surface area contributed by atoms with Crippen molar-refractivity contribution in [2.75, 3.05) is 7.11 Å². The Morgan fingerprint density at radius 1 is 1.44 bits per heavy atom. The van der Waals surface area contributed by atoms with Gasteiger partial charge in [0, 0.05) is 18.1 Å². The van der Waals surface area contributed by atoms with Gasteiger partial charge in [-0.2, -0.15) is 0 Å². The molecule has 1 saturated carbocycles. The lowest BCUT2D eigenvalue weighted by atomic mass is 10.0. The highest BCUT2D eigenvalue weighted by molar-refractivity contribution is 5.52. The maximum atomic E-state index is 13.8. The van der Waals surface area contributed by atoms with E-state index >= 15 is 0 Å². The number of aliphatic hydroxyl groups is 1. The summed E-state index contributed by atoms with van der Waals surface area (Å²) in [6, 6.07) is 1.01. The van der Waals surface area contributed by atoms with Crippen LogP contribution >= 0.6 is 0 Å². The first-order valence-electron chi connectivity index (χ1n) is 4.96. The van der Waals surface area contributed by atoms with Crippen molar-refractivity contribution in [3.05, 3.63) is 17.4 Å². The smallest absolute Gasteiger partial charge is 0.172 e. The molecular weight excluding hydrogens is 215 g/mol. The van der Waals surface area contributed by atoms with E-state index < -0.39 is 22.9 Å². The minimum Gasteiger partial charge on any atom is -0.504 e. The first kappa shape index (κ1) is 11.0. The van der Waals surface area contributed by atoms with E-state index in [2.05, 4.69) is 0 Å². The zero-order chi connectivity index (χ0) is 11.9. The molecule has 16 heavy (non-hydrogen) atoms. The maximum Gasteiger partial charge on any atom is 0.172 e. The lowest BCUT2D eigenvalue weighted by Crippen LogP contribution is -2.12. The van der Waals surface area contributed by atoms with Crippen LogP contribution in [0.4, 0.5) is 4.39 Å². The first-order valence-corrected chi connectivity index (χ1v) is 4.96. The molecule has 1 aromatic rings. The molecule has 0 aliphatic heterocycles. The number of halogens is 1. The molecule has 1 fully saturated rings. The summed E-state index contributed by atoms with van der Waals surface area (Å²) in [5.41, 5.74) is -1.05. The van der Waals surface area contributed by atoms with Crippen LogP contribution in [0.2, 0.25) is 0 Å². The molecule has 0 bridgehead atoms. The van der Waals surface area contributed by atoms with Gasteiger partial charge in [-0.1, -0.05) is 0 Å². The monoisotopic (exact) mass is 228 g/mol. The van der Waals surface area contributed by atoms with Crippen molar-refractivity contribution in [2.45, 2.75) is 24.9 Å². The number of phenolic OH excluding ortho intramolecular Hbond substituents is 2. The second-order valence-corrected chi connectivity index (χ2v) is 4.14. The highest BCUT2D eigenvalue weighted by Crippen LogP contribution is 2.44. The molecule has 88 valence electrons. The third-order valence-electron chi connectivity index (χ3n) is 2.83. The molecule has 0 saturated heterocycles. The summed E-state index contributed by atoms with van der Waals surface area (Å²) < 4.78 is 18.5.